The van der Waals surface area contributed by atoms with Gasteiger partial charge in [-0.15, -0.1) is 0 Å². The van der Waals surface area contributed by atoms with Gasteiger partial charge in [-0.3, -0.25) is 4.79 Å². The Labute approximate surface area is 100 Å². The fourth-order valence-corrected chi connectivity index (χ4v) is 2.23. The highest BCUT2D eigenvalue weighted by Crippen LogP contribution is 2.26. The van der Waals surface area contributed by atoms with Crippen molar-refractivity contribution in [2.75, 3.05) is 5.75 Å². The van der Waals surface area contributed by atoms with E-state index in [-0.39, 0.29) is 5.75 Å². The number of imidazole rings is 1. The van der Waals surface area contributed by atoms with Gasteiger partial charge < -0.3 is 9.67 Å². The Hall–Kier alpha value is -0.970. The number of hydrogen-bond donors (Lipinski definition) is 1. The molecule has 1 heterocycles. The molecule has 16 heavy (non-hydrogen) atoms. The molecular weight excluding hydrogens is 224 g/mol. The lowest BCUT2D eigenvalue weighted by atomic mass is 10.0. The summed E-state index contributed by atoms with van der Waals surface area (Å²) < 4.78 is 2.06. The minimum atomic E-state index is -0.809. The topological polar surface area (TPSA) is 55.1 Å². The van der Waals surface area contributed by atoms with Crippen LogP contribution in [0.25, 0.3) is 0 Å². The molecule has 0 aliphatic carbocycles. The summed E-state index contributed by atoms with van der Waals surface area (Å²) in [5.74, 6) is -0.196. The van der Waals surface area contributed by atoms with Crippen LogP contribution in [0.1, 0.15) is 33.2 Å². The molecule has 1 rings (SSSR count). The Bertz CT molecular complexity index is 352. The van der Waals surface area contributed by atoms with E-state index in [1.807, 2.05) is 6.20 Å². The number of aliphatic carboxylic acids is 1. The summed E-state index contributed by atoms with van der Waals surface area (Å²) >= 11 is 1.27. The monoisotopic (exact) mass is 242 g/mol. The van der Waals surface area contributed by atoms with Crippen LogP contribution < -0.4 is 0 Å². The van der Waals surface area contributed by atoms with E-state index in [0.29, 0.717) is 12.0 Å². The molecular formula is C11H18N2O2S. The maximum absolute atomic E-state index is 10.5. The second kappa shape index (κ2) is 5.94. The summed E-state index contributed by atoms with van der Waals surface area (Å²) in [6.45, 7) is 6.49. The van der Waals surface area contributed by atoms with Gasteiger partial charge in [0.2, 0.25) is 0 Å². The highest BCUT2D eigenvalue weighted by atomic mass is 32.2. The lowest BCUT2D eigenvalue weighted by Gasteiger charge is -2.21. The SMILES string of the molecule is CCC(C)C(C)n1ccnc1SCC(=O)O. The minimum absolute atomic E-state index is 0.0598. The first-order valence-electron chi connectivity index (χ1n) is 5.43. The van der Waals surface area contributed by atoms with Gasteiger partial charge >= 0.3 is 5.97 Å². The zero-order valence-electron chi connectivity index (χ0n) is 9.88. The first-order chi connectivity index (χ1) is 7.56. The van der Waals surface area contributed by atoms with Crippen molar-refractivity contribution in [2.45, 2.75) is 38.4 Å². The number of carbonyl (C=O) groups is 1. The van der Waals surface area contributed by atoms with Crippen LogP contribution in [0.5, 0.6) is 0 Å². The number of thioether (sulfide) groups is 1. The van der Waals surface area contributed by atoms with E-state index >= 15 is 0 Å². The van der Waals surface area contributed by atoms with Crippen LogP contribution in [0.3, 0.4) is 0 Å². The number of hydrogen-bond acceptors (Lipinski definition) is 3. The average molecular weight is 242 g/mol. The number of rotatable bonds is 6. The Morgan fingerprint density at radius 1 is 1.62 bits per heavy atom. The highest BCUT2D eigenvalue weighted by Gasteiger charge is 2.16. The smallest absolute Gasteiger partial charge is 0.313 e. The van der Waals surface area contributed by atoms with Crippen LogP contribution in [-0.4, -0.2) is 26.4 Å². The van der Waals surface area contributed by atoms with E-state index in [2.05, 4.69) is 30.3 Å². The van der Waals surface area contributed by atoms with Crippen molar-refractivity contribution < 1.29 is 9.90 Å². The second-order valence-corrected chi connectivity index (χ2v) is 4.87. The average Bonchev–Trinajstić information content (AvgIpc) is 2.72. The van der Waals surface area contributed by atoms with E-state index in [0.717, 1.165) is 11.6 Å². The van der Waals surface area contributed by atoms with Crippen molar-refractivity contribution >= 4 is 17.7 Å². The van der Waals surface area contributed by atoms with Crippen LogP contribution in [-0.2, 0) is 4.79 Å². The zero-order valence-corrected chi connectivity index (χ0v) is 10.7. The summed E-state index contributed by atoms with van der Waals surface area (Å²) in [6, 6.07) is 0.351. The Morgan fingerprint density at radius 2 is 2.31 bits per heavy atom. The number of carboxylic acid groups (broad SMARTS) is 1. The normalized spacial score (nSPS) is 14.7. The minimum Gasteiger partial charge on any atom is -0.481 e. The van der Waals surface area contributed by atoms with Crippen molar-refractivity contribution in [3.05, 3.63) is 12.4 Å². The van der Waals surface area contributed by atoms with Gasteiger partial charge in [-0.1, -0.05) is 32.0 Å². The van der Waals surface area contributed by atoms with Crippen molar-refractivity contribution in [2.24, 2.45) is 5.92 Å². The number of nitrogens with zero attached hydrogens (tertiary/aromatic N) is 2. The summed E-state index contributed by atoms with van der Waals surface area (Å²) in [6.07, 6.45) is 4.74. The van der Waals surface area contributed by atoms with Gasteiger partial charge in [0, 0.05) is 18.4 Å². The van der Waals surface area contributed by atoms with Crippen molar-refractivity contribution in [3.8, 4) is 0 Å². The predicted molar refractivity (Wildman–Crippen MR) is 64.8 cm³/mol. The van der Waals surface area contributed by atoms with Gasteiger partial charge in [0.05, 0.1) is 5.75 Å². The summed E-state index contributed by atoms with van der Waals surface area (Å²) in [7, 11) is 0. The van der Waals surface area contributed by atoms with Gasteiger partial charge in [-0.2, -0.15) is 0 Å². The second-order valence-electron chi connectivity index (χ2n) is 3.93. The van der Waals surface area contributed by atoms with E-state index in [1.165, 1.54) is 11.8 Å². The molecule has 0 aromatic carbocycles. The molecule has 0 bridgehead atoms. The lowest BCUT2D eigenvalue weighted by Crippen LogP contribution is -2.14. The number of carboxylic acids is 1. The summed E-state index contributed by atoms with van der Waals surface area (Å²) in [5.41, 5.74) is 0. The molecule has 0 amide bonds. The molecule has 0 aliphatic heterocycles. The van der Waals surface area contributed by atoms with Crippen LogP contribution in [0.15, 0.2) is 17.6 Å². The van der Waals surface area contributed by atoms with Crippen molar-refractivity contribution in [1.29, 1.82) is 0 Å². The zero-order chi connectivity index (χ0) is 12.1. The maximum atomic E-state index is 10.5. The van der Waals surface area contributed by atoms with Crippen LogP contribution in [0.4, 0.5) is 0 Å². The molecule has 0 saturated heterocycles. The van der Waals surface area contributed by atoms with Crippen LogP contribution in [0, 0.1) is 5.92 Å². The van der Waals surface area contributed by atoms with Gasteiger partial charge in [0.1, 0.15) is 0 Å². The third-order valence-electron chi connectivity index (χ3n) is 2.86. The van der Waals surface area contributed by atoms with E-state index in [9.17, 15) is 4.79 Å². The first kappa shape index (κ1) is 13.1. The van der Waals surface area contributed by atoms with E-state index in [4.69, 9.17) is 5.11 Å². The Kier molecular flexibility index (Phi) is 4.86. The lowest BCUT2D eigenvalue weighted by molar-refractivity contribution is -0.133. The third kappa shape index (κ3) is 3.27. The number of aromatic nitrogens is 2. The first-order valence-corrected chi connectivity index (χ1v) is 6.42. The molecule has 2 unspecified atom stereocenters. The van der Waals surface area contributed by atoms with Gasteiger partial charge in [0.15, 0.2) is 5.16 Å². The molecule has 4 nitrogen and oxygen atoms in total. The molecule has 0 spiro atoms. The fourth-order valence-electron chi connectivity index (χ4n) is 1.46. The van der Waals surface area contributed by atoms with Gasteiger partial charge in [-0.25, -0.2) is 4.98 Å². The van der Waals surface area contributed by atoms with Crippen LogP contribution >= 0.6 is 11.8 Å². The standard InChI is InChI=1S/C11H18N2O2S/c1-4-8(2)9(3)13-6-5-12-11(13)16-7-10(14)15/h5-6,8-9H,4,7H2,1-3H3,(H,14,15). The predicted octanol–water partition coefficient (Wildman–Crippen LogP) is 2.67. The highest BCUT2D eigenvalue weighted by molar-refractivity contribution is 7.99. The third-order valence-corrected chi connectivity index (χ3v) is 3.83. The van der Waals surface area contributed by atoms with Gasteiger partial charge in [0.25, 0.3) is 0 Å². The van der Waals surface area contributed by atoms with Crippen molar-refractivity contribution in [3.63, 3.8) is 0 Å². The van der Waals surface area contributed by atoms with Crippen molar-refractivity contribution in [1.82, 2.24) is 9.55 Å². The molecule has 1 aromatic heterocycles. The molecule has 0 radical (unpaired) electrons. The fraction of sp³-hybridized carbons (Fsp3) is 0.636. The quantitative estimate of drug-likeness (QED) is 0.779. The molecule has 0 fully saturated rings. The van der Waals surface area contributed by atoms with Crippen LogP contribution in [0.2, 0.25) is 0 Å². The largest absolute Gasteiger partial charge is 0.481 e. The Balaban J connectivity index is 2.73. The molecule has 0 aliphatic rings. The molecule has 5 heteroatoms. The summed E-state index contributed by atoms with van der Waals surface area (Å²) in [5, 5.41) is 9.43. The molecule has 1 aromatic rings. The van der Waals surface area contributed by atoms with E-state index < -0.39 is 5.97 Å². The van der Waals surface area contributed by atoms with Gasteiger partial charge in [-0.05, 0) is 12.8 Å². The molecule has 1 N–H and O–H groups in total. The molecule has 90 valence electrons. The summed E-state index contributed by atoms with van der Waals surface area (Å²) in [4.78, 5) is 14.7. The molecule has 0 saturated carbocycles. The Morgan fingerprint density at radius 3 is 2.88 bits per heavy atom. The van der Waals surface area contributed by atoms with E-state index in [1.54, 1.807) is 6.20 Å². The molecule has 2 atom stereocenters. The maximum Gasteiger partial charge on any atom is 0.313 e.